The first kappa shape index (κ1) is 14.3. The van der Waals surface area contributed by atoms with Gasteiger partial charge in [0.25, 0.3) is 0 Å². The fraction of sp³-hybridized carbons (Fsp3) is 1.00. The minimum Gasteiger partial charge on any atom is -0.212 e. The molecule has 0 bridgehead atoms. The maximum atomic E-state index is 11.9. The Morgan fingerprint density at radius 2 is 1.94 bits per heavy atom. The molecular formula is C11H22ClNO2S. The molecule has 96 valence electrons. The molecular weight excluding hydrogens is 246 g/mol. The lowest BCUT2D eigenvalue weighted by Gasteiger charge is -2.33. The largest absolute Gasteiger partial charge is 0.213 e. The van der Waals surface area contributed by atoms with E-state index in [2.05, 4.69) is 0 Å². The Morgan fingerprint density at radius 3 is 2.38 bits per heavy atom. The zero-order valence-electron chi connectivity index (χ0n) is 10.3. The molecule has 1 aliphatic carbocycles. The van der Waals surface area contributed by atoms with E-state index in [-0.39, 0.29) is 11.1 Å². The third kappa shape index (κ3) is 4.22. The summed E-state index contributed by atoms with van der Waals surface area (Å²) in [5.41, 5.74) is 0. The normalized spacial score (nSPS) is 26.1. The van der Waals surface area contributed by atoms with E-state index < -0.39 is 10.0 Å². The smallest absolute Gasteiger partial charge is 0.212 e. The molecule has 0 N–H and O–H groups in total. The zero-order chi connectivity index (χ0) is 12.3. The van der Waals surface area contributed by atoms with E-state index >= 15 is 0 Å². The number of halogens is 1. The van der Waals surface area contributed by atoms with Gasteiger partial charge in [-0.15, -0.1) is 11.6 Å². The first-order valence-corrected chi connectivity index (χ1v) is 7.94. The summed E-state index contributed by atoms with van der Waals surface area (Å²) < 4.78 is 25.3. The van der Waals surface area contributed by atoms with E-state index in [4.69, 9.17) is 11.6 Å². The van der Waals surface area contributed by atoms with Crippen LogP contribution in [0.2, 0.25) is 0 Å². The molecule has 0 aromatic carbocycles. The molecule has 0 radical (unpaired) electrons. The van der Waals surface area contributed by atoms with Crippen molar-refractivity contribution in [1.29, 1.82) is 0 Å². The van der Waals surface area contributed by atoms with Gasteiger partial charge in [-0.3, -0.25) is 0 Å². The summed E-state index contributed by atoms with van der Waals surface area (Å²) in [6, 6.07) is 0. The van der Waals surface area contributed by atoms with Crippen molar-refractivity contribution in [1.82, 2.24) is 4.31 Å². The average Bonchev–Trinajstić information content (AvgIpc) is 2.12. The van der Waals surface area contributed by atoms with E-state index in [1.165, 1.54) is 4.31 Å². The highest BCUT2D eigenvalue weighted by Gasteiger charge is 2.30. The lowest BCUT2D eigenvalue weighted by Crippen LogP contribution is -2.39. The standard InChI is InChI=1S/C11H22ClNO2S/c1-9(2)4-5-16(14,15)13(3)8-10-6-11(12)7-10/h9-11H,4-8H2,1-3H3. The third-order valence-corrected chi connectivity index (χ3v) is 5.33. The van der Waals surface area contributed by atoms with Crippen molar-refractivity contribution in [3.63, 3.8) is 0 Å². The maximum absolute atomic E-state index is 11.9. The van der Waals surface area contributed by atoms with Crippen molar-refractivity contribution in [3.05, 3.63) is 0 Å². The number of hydrogen-bond donors (Lipinski definition) is 0. The number of nitrogens with zero attached hydrogens (tertiary/aromatic N) is 1. The predicted molar refractivity (Wildman–Crippen MR) is 68.2 cm³/mol. The highest BCUT2D eigenvalue weighted by Crippen LogP contribution is 2.32. The molecule has 16 heavy (non-hydrogen) atoms. The lowest BCUT2D eigenvalue weighted by molar-refractivity contribution is 0.268. The van der Waals surface area contributed by atoms with Crippen LogP contribution in [-0.2, 0) is 10.0 Å². The van der Waals surface area contributed by atoms with Gasteiger partial charge in [-0.05, 0) is 31.1 Å². The van der Waals surface area contributed by atoms with Gasteiger partial charge < -0.3 is 0 Å². The van der Waals surface area contributed by atoms with Crippen molar-refractivity contribution in [2.24, 2.45) is 11.8 Å². The highest BCUT2D eigenvalue weighted by atomic mass is 35.5. The van der Waals surface area contributed by atoms with Crippen molar-refractivity contribution in [2.75, 3.05) is 19.3 Å². The SMILES string of the molecule is CC(C)CCS(=O)(=O)N(C)CC1CC(Cl)C1. The Labute approximate surface area is 104 Å². The second-order valence-electron chi connectivity index (χ2n) is 5.21. The summed E-state index contributed by atoms with van der Waals surface area (Å²) in [7, 11) is -1.38. The fourth-order valence-electron chi connectivity index (χ4n) is 1.82. The predicted octanol–water partition coefficient (Wildman–Crippen LogP) is 2.31. The zero-order valence-corrected chi connectivity index (χ0v) is 11.9. The van der Waals surface area contributed by atoms with Gasteiger partial charge in [-0.1, -0.05) is 13.8 Å². The molecule has 0 aliphatic heterocycles. The molecule has 5 heteroatoms. The molecule has 0 spiro atoms. The van der Waals surface area contributed by atoms with Crippen molar-refractivity contribution in [2.45, 2.75) is 38.5 Å². The molecule has 0 unspecified atom stereocenters. The van der Waals surface area contributed by atoms with E-state index in [1.807, 2.05) is 13.8 Å². The molecule has 0 amide bonds. The number of hydrogen-bond acceptors (Lipinski definition) is 2. The van der Waals surface area contributed by atoms with Gasteiger partial charge in [-0.2, -0.15) is 0 Å². The van der Waals surface area contributed by atoms with Crippen molar-refractivity contribution < 1.29 is 8.42 Å². The molecule has 1 saturated carbocycles. The van der Waals surface area contributed by atoms with Gasteiger partial charge in [-0.25, -0.2) is 12.7 Å². The molecule has 0 atom stereocenters. The van der Waals surface area contributed by atoms with E-state index in [1.54, 1.807) is 7.05 Å². The second kappa shape index (κ2) is 5.69. The van der Waals surface area contributed by atoms with Gasteiger partial charge in [0, 0.05) is 19.0 Å². The van der Waals surface area contributed by atoms with E-state index in [0.29, 0.717) is 18.4 Å². The van der Waals surface area contributed by atoms with Crippen LogP contribution in [0.25, 0.3) is 0 Å². The van der Waals surface area contributed by atoms with Crippen molar-refractivity contribution in [3.8, 4) is 0 Å². The minimum absolute atomic E-state index is 0.261. The van der Waals surface area contributed by atoms with Gasteiger partial charge >= 0.3 is 0 Å². The lowest BCUT2D eigenvalue weighted by atomic mass is 9.85. The Morgan fingerprint density at radius 1 is 1.38 bits per heavy atom. The van der Waals surface area contributed by atoms with Crippen molar-refractivity contribution >= 4 is 21.6 Å². The topological polar surface area (TPSA) is 37.4 Å². The van der Waals surface area contributed by atoms with Crippen LogP contribution in [-0.4, -0.2) is 37.4 Å². The van der Waals surface area contributed by atoms with Crippen LogP contribution in [0, 0.1) is 11.8 Å². The quantitative estimate of drug-likeness (QED) is 0.693. The molecule has 0 aromatic rings. The van der Waals surface area contributed by atoms with Crippen LogP contribution >= 0.6 is 11.6 Å². The van der Waals surface area contributed by atoms with Gasteiger partial charge in [0.05, 0.1) is 5.75 Å². The van der Waals surface area contributed by atoms with Gasteiger partial charge in [0.15, 0.2) is 0 Å². The summed E-state index contributed by atoms with van der Waals surface area (Å²) >= 11 is 5.88. The Balaban J connectivity index is 2.36. The van der Waals surface area contributed by atoms with Crippen LogP contribution in [0.3, 0.4) is 0 Å². The Bertz CT molecular complexity index is 310. The molecule has 0 heterocycles. The van der Waals surface area contributed by atoms with Crippen LogP contribution in [0.5, 0.6) is 0 Å². The highest BCUT2D eigenvalue weighted by molar-refractivity contribution is 7.89. The minimum atomic E-state index is -3.05. The number of alkyl halides is 1. The molecule has 0 aromatic heterocycles. The Hall–Kier alpha value is 0.200. The molecule has 1 rings (SSSR count). The molecule has 3 nitrogen and oxygen atoms in total. The Kier molecular flexibility index (Phi) is 5.08. The summed E-state index contributed by atoms with van der Waals surface area (Å²) in [4.78, 5) is 0. The number of rotatable bonds is 6. The molecule has 0 saturated heterocycles. The van der Waals surface area contributed by atoms with Crippen LogP contribution in [0.1, 0.15) is 33.1 Å². The first-order valence-electron chi connectivity index (χ1n) is 5.89. The summed E-state index contributed by atoms with van der Waals surface area (Å²) in [5.74, 6) is 1.15. The van der Waals surface area contributed by atoms with E-state index in [9.17, 15) is 8.42 Å². The fourth-order valence-corrected chi connectivity index (χ4v) is 3.84. The maximum Gasteiger partial charge on any atom is 0.213 e. The third-order valence-electron chi connectivity index (χ3n) is 3.12. The number of sulfonamides is 1. The molecule has 1 aliphatic rings. The monoisotopic (exact) mass is 267 g/mol. The molecule has 1 fully saturated rings. The van der Waals surface area contributed by atoms with Gasteiger partial charge in [0.1, 0.15) is 0 Å². The van der Waals surface area contributed by atoms with Crippen LogP contribution < -0.4 is 0 Å². The second-order valence-corrected chi connectivity index (χ2v) is 8.03. The van der Waals surface area contributed by atoms with Gasteiger partial charge in [0.2, 0.25) is 10.0 Å². The summed E-state index contributed by atoms with van der Waals surface area (Å²) in [6.07, 6.45) is 2.63. The van der Waals surface area contributed by atoms with Crippen LogP contribution in [0.15, 0.2) is 0 Å². The first-order chi connectivity index (χ1) is 7.31. The summed E-state index contributed by atoms with van der Waals surface area (Å²) in [5, 5.41) is 0.261. The van der Waals surface area contributed by atoms with E-state index in [0.717, 1.165) is 19.3 Å². The average molecular weight is 268 g/mol. The summed E-state index contributed by atoms with van der Waals surface area (Å²) in [6.45, 7) is 4.71. The van der Waals surface area contributed by atoms with Crippen LogP contribution in [0.4, 0.5) is 0 Å².